The molecule has 0 bridgehead atoms. The third kappa shape index (κ3) is 6.65. The number of ether oxygens (including phenoxy) is 1. The summed E-state index contributed by atoms with van der Waals surface area (Å²) < 4.78 is 20.3. The molecule has 0 aliphatic rings. The predicted molar refractivity (Wildman–Crippen MR) is 126 cm³/mol. The number of para-hydroxylation sites is 1. The van der Waals surface area contributed by atoms with E-state index in [4.69, 9.17) is 4.74 Å². The second kappa shape index (κ2) is 11.8. The number of aryl methyl sites for hydroxylation is 1. The molecule has 0 heterocycles. The van der Waals surface area contributed by atoms with Crippen LogP contribution in [0, 0.1) is 12.7 Å². The highest BCUT2D eigenvalue weighted by molar-refractivity contribution is 5.88. The zero-order valence-electron chi connectivity index (χ0n) is 19.0. The van der Waals surface area contributed by atoms with E-state index in [1.807, 2.05) is 62.4 Å². The Hall–Kier alpha value is -3.67. The SMILES string of the molecule is CCNC(=O)[C@H](Cc1ccccc1)N(Cc1ccccc1F)C(=O)COc1ccccc1C. The molecule has 0 spiro atoms. The summed E-state index contributed by atoms with van der Waals surface area (Å²) in [5.41, 5.74) is 2.14. The molecule has 0 aliphatic heterocycles. The zero-order chi connectivity index (χ0) is 23.6. The van der Waals surface area contributed by atoms with Crippen LogP contribution in [-0.4, -0.2) is 35.9 Å². The van der Waals surface area contributed by atoms with Crippen molar-refractivity contribution in [1.82, 2.24) is 10.2 Å². The minimum Gasteiger partial charge on any atom is -0.484 e. The van der Waals surface area contributed by atoms with Crippen LogP contribution in [0.4, 0.5) is 4.39 Å². The van der Waals surface area contributed by atoms with Gasteiger partial charge in [0.1, 0.15) is 17.6 Å². The lowest BCUT2D eigenvalue weighted by atomic mass is 10.0. The second-order valence-electron chi connectivity index (χ2n) is 7.77. The number of rotatable bonds is 10. The molecule has 0 unspecified atom stereocenters. The molecule has 0 radical (unpaired) electrons. The van der Waals surface area contributed by atoms with E-state index in [0.717, 1.165) is 11.1 Å². The molecule has 1 atom stereocenters. The summed E-state index contributed by atoms with van der Waals surface area (Å²) in [6.07, 6.45) is 0.303. The Morgan fingerprint density at radius 1 is 0.970 bits per heavy atom. The molecule has 3 aromatic carbocycles. The highest BCUT2D eigenvalue weighted by atomic mass is 19.1. The number of halogens is 1. The van der Waals surface area contributed by atoms with E-state index < -0.39 is 17.8 Å². The first-order chi connectivity index (χ1) is 16.0. The highest BCUT2D eigenvalue weighted by Crippen LogP contribution is 2.19. The van der Waals surface area contributed by atoms with Crippen molar-refractivity contribution in [3.05, 3.63) is 101 Å². The minimum absolute atomic E-state index is 0.0444. The Morgan fingerprint density at radius 3 is 2.33 bits per heavy atom. The number of carbonyl (C=O) groups is 2. The Morgan fingerprint density at radius 2 is 1.64 bits per heavy atom. The van der Waals surface area contributed by atoms with Gasteiger partial charge in [0.2, 0.25) is 5.91 Å². The molecule has 0 aliphatic carbocycles. The van der Waals surface area contributed by atoms with Gasteiger partial charge in [-0.15, -0.1) is 0 Å². The number of nitrogens with zero attached hydrogens (tertiary/aromatic N) is 1. The third-order valence-corrected chi connectivity index (χ3v) is 5.37. The molecule has 0 fully saturated rings. The van der Waals surface area contributed by atoms with Gasteiger partial charge in [0.05, 0.1) is 0 Å². The van der Waals surface area contributed by atoms with Crippen LogP contribution in [-0.2, 0) is 22.6 Å². The number of carbonyl (C=O) groups excluding carboxylic acids is 2. The molecule has 3 rings (SSSR count). The molecule has 2 amide bonds. The van der Waals surface area contributed by atoms with E-state index in [9.17, 15) is 14.0 Å². The Kier molecular flexibility index (Phi) is 8.58. The molecule has 1 N–H and O–H groups in total. The van der Waals surface area contributed by atoms with Gasteiger partial charge in [-0.25, -0.2) is 4.39 Å². The van der Waals surface area contributed by atoms with Crippen LogP contribution in [0.5, 0.6) is 5.75 Å². The largest absolute Gasteiger partial charge is 0.484 e. The molecule has 0 saturated carbocycles. The Labute approximate surface area is 194 Å². The first-order valence-electron chi connectivity index (χ1n) is 11.0. The summed E-state index contributed by atoms with van der Waals surface area (Å²) in [5.74, 6) is -0.519. The van der Waals surface area contributed by atoms with Gasteiger partial charge in [-0.05, 0) is 37.1 Å². The third-order valence-electron chi connectivity index (χ3n) is 5.37. The lowest BCUT2D eigenvalue weighted by Crippen LogP contribution is -2.51. The number of amides is 2. The molecule has 0 saturated heterocycles. The fourth-order valence-electron chi connectivity index (χ4n) is 3.60. The maximum absolute atomic E-state index is 14.5. The van der Waals surface area contributed by atoms with Crippen LogP contribution >= 0.6 is 0 Å². The van der Waals surface area contributed by atoms with Crippen LogP contribution in [0.15, 0.2) is 78.9 Å². The van der Waals surface area contributed by atoms with E-state index in [1.165, 1.54) is 11.0 Å². The van der Waals surface area contributed by atoms with E-state index in [1.54, 1.807) is 24.3 Å². The highest BCUT2D eigenvalue weighted by Gasteiger charge is 2.31. The van der Waals surface area contributed by atoms with Gasteiger partial charge in [0.15, 0.2) is 6.61 Å². The fraction of sp³-hybridized carbons (Fsp3) is 0.259. The summed E-state index contributed by atoms with van der Waals surface area (Å²) in [5, 5.41) is 2.82. The normalized spacial score (nSPS) is 11.5. The van der Waals surface area contributed by atoms with Gasteiger partial charge in [-0.1, -0.05) is 66.7 Å². The molecular formula is C27H29FN2O3. The van der Waals surface area contributed by atoms with Crippen molar-refractivity contribution < 1.29 is 18.7 Å². The minimum atomic E-state index is -0.820. The number of nitrogens with one attached hydrogen (secondary N) is 1. The Balaban J connectivity index is 1.91. The first-order valence-corrected chi connectivity index (χ1v) is 11.0. The van der Waals surface area contributed by atoms with E-state index in [-0.39, 0.29) is 19.1 Å². The number of hydrogen-bond acceptors (Lipinski definition) is 3. The van der Waals surface area contributed by atoms with Crippen LogP contribution < -0.4 is 10.1 Å². The lowest BCUT2D eigenvalue weighted by molar-refractivity contribution is -0.142. The molecule has 3 aromatic rings. The summed E-state index contributed by atoms with van der Waals surface area (Å²) in [7, 11) is 0. The number of hydrogen-bond donors (Lipinski definition) is 1. The van der Waals surface area contributed by atoms with Gasteiger partial charge in [0.25, 0.3) is 5.91 Å². The van der Waals surface area contributed by atoms with Crippen LogP contribution in [0.25, 0.3) is 0 Å². The maximum atomic E-state index is 14.5. The van der Waals surface area contributed by atoms with Crippen molar-refractivity contribution in [2.75, 3.05) is 13.2 Å². The molecular weight excluding hydrogens is 419 g/mol. The monoisotopic (exact) mass is 448 g/mol. The van der Waals surface area contributed by atoms with Crippen molar-refractivity contribution in [3.63, 3.8) is 0 Å². The lowest BCUT2D eigenvalue weighted by Gasteiger charge is -2.31. The van der Waals surface area contributed by atoms with Gasteiger partial charge in [-0.2, -0.15) is 0 Å². The standard InChI is InChI=1S/C27H29FN2O3/c1-3-29-27(32)24(17-21-12-5-4-6-13-21)30(18-22-14-8-9-15-23(22)28)26(31)19-33-25-16-10-7-11-20(25)2/h4-16,24H,3,17-19H2,1-2H3,(H,29,32)/t24-/m0/s1. The van der Waals surface area contributed by atoms with E-state index in [2.05, 4.69) is 5.32 Å². The van der Waals surface area contributed by atoms with Gasteiger partial charge >= 0.3 is 0 Å². The van der Waals surface area contributed by atoms with Crippen LogP contribution in [0.1, 0.15) is 23.6 Å². The first kappa shape index (κ1) is 24.0. The summed E-state index contributed by atoms with van der Waals surface area (Å²) >= 11 is 0. The smallest absolute Gasteiger partial charge is 0.261 e. The topological polar surface area (TPSA) is 58.6 Å². The average Bonchev–Trinajstić information content (AvgIpc) is 2.82. The van der Waals surface area contributed by atoms with Crippen LogP contribution in [0.3, 0.4) is 0 Å². The zero-order valence-corrected chi connectivity index (χ0v) is 19.0. The number of likely N-dealkylation sites (N-methyl/N-ethyl adjacent to an activating group) is 1. The quantitative estimate of drug-likeness (QED) is 0.503. The molecule has 6 heteroatoms. The van der Waals surface area contributed by atoms with Crippen molar-refractivity contribution in [2.24, 2.45) is 0 Å². The Bertz CT molecular complexity index is 1070. The summed E-state index contributed by atoms with van der Waals surface area (Å²) in [6.45, 7) is 3.83. The van der Waals surface area contributed by atoms with Crippen molar-refractivity contribution >= 4 is 11.8 Å². The van der Waals surface area contributed by atoms with Gasteiger partial charge < -0.3 is 15.0 Å². The predicted octanol–water partition coefficient (Wildman–Crippen LogP) is 4.29. The van der Waals surface area contributed by atoms with Crippen LogP contribution in [0.2, 0.25) is 0 Å². The molecule has 0 aromatic heterocycles. The fourth-order valence-corrected chi connectivity index (χ4v) is 3.60. The van der Waals surface area contributed by atoms with E-state index in [0.29, 0.717) is 24.3 Å². The van der Waals surface area contributed by atoms with Gasteiger partial charge in [0, 0.05) is 25.1 Å². The van der Waals surface area contributed by atoms with Crippen molar-refractivity contribution in [1.29, 1.82) is 0 Å². The average molecular weight is 449 g/mol. The number of benzene rings is 3. The van der Waals surface area contributed by atoms with Crippen molar-refractivity contribution in [2.45, 2.75) is 32.9 Å². The van der Waals surface area contributed by atoms with E-state index >= 15 is 0 Å². The maximum Gasteiger partial charge on any atom is 0.261 e. The summed E-state index contributed by atoms with van der Waals surface area (Å²) in [4.78, 5) is 27.9. The molecule has 5 nitrogen and oxygen atoms in total. The van der Waals surface area contributed by atoms with Crippen molar-refractivity contribution in [3.8, 4) is 5.75 Å². The van der Waals surface area contributed by atoms with Gasteiger partial charge in [-0.3, -0.25) is 9.59 Å². The second-order valence-corrected chi connectivity index (χ2v) is 7.77. The summed E-state index contributed by atoms with van der Waals surface area (Å²) in [6, 6.07) is 22.3. The molecule has 33 heavy (non-hydrogen) atoms. The molecule has 172 valence electrons.